The van der Waals surface area contributed by atoms with Crippen LogP contribution in [0, 0.1) is 0 Å². The topological polar surface area (TPSA) is 124 Å². The molecule has 1 saturated carbocycles. The Bertz CT molecular complexity index is 766. The van der Waals surface area contributed by atoms with Crippen LogP contribution in [0.5, 0.6) is 5.75 Å². The first-order valence-corrected chi connectivity index (χ1v) is 11.3. The van der Waals surface area contributed by atoms with Crippen LogP contribution in [-0.4, -0.2) is 60.4 Å². The summed E-state index contributed by atoms with van der Waals surface area (Å²) < 4.78 is 5.33. The van der Waals surface area contributed by atoms with Crippen LogP contribution in [0.1, 0.15) is 63.7 Å². The average molecular weight is 448 g/mol. The second-order valence-electron chi connectivity index (χ2n) is 8.90. The van der Waals surface area contributed by atoms with Gasteiger partial charge in [0, 0.05) is 30.7 Å². The fraction of sp³-hybridized carbons (Fsp3) is 0.609. The normalized spacial score (nSPS) is 19.1. The van der Waals surface area contributed by atoms with Crippen molar-refractivity contribution in [3.8, 4) is 5.75 Å². The summed E-state index contributed by atoms with van der Waals surface area (Å²) >= 11 is 0. The van der Waals surface area contributed by atoms with E-state index in [-0.39, 0.29) is 29.8 Å². The van der Waals surface area contributed by atoms with Crippen LogP contribution >= 0.6 is 0 Å². The summed E-state index contributed by atoms with van der Waals surface area (Å²) in [5, 5.41) is 21.8. The van der Waals surface area contributed by atoms with E-state index in [9.17, 15) is 14.7 Å². The molecule has 32 heavy (non-hydrogen) atoms. The molecule has 0 heterocycles. The molecular weight excluding hydrogens is 410 g/mol. The quantitative estimate of drug-likeness (QED) is 0.249. The summed E-state index contributed by atoms with van der Waals surface area (Å²) in [4.78, 5) is 28.6. The van der Waals surface area contributed by atoms with Crippen LogP contribution in [0.2, 0.25) is 0 Å². The fourth-order valence-electron chi connectivity index (χ4n) is 3.42. The van der Waals surface area contributed by atoms with Crippen molar-refractivity contribution < 1.29 is 19.4 Å². The number of carbonyl (C=O) groups is 2. The van der Waals surface area contributed by atoms with Gasteiger partial charge in [-0.05, 0) is 77.6 Å². The van der Waals surface area contributed by atoms with Crippen molar-refractivity contribution in [1.82, 2.24) is 21.3 Å². The van der Waals surface area contributed by atoms with Gasteiger partial charge in [0.05, 0.1) is 6.54 Å². The number of alkyl carbamates (subject to hydrolysis) is 1. The number of ether oxygens (including phenoxy) is 1. The Kier molecular flexibility index (Phi) is 9.61. The number of guanidine groups is 1. The van der Waals surface area contributed by atoms with Gasteiger partial charge < -0.3 is 31.1 Å². The Hall–Kier alpha value is -2.97. The Labute approximate surface area is 190 Å². The van der Waals surface area contributed by atoms with Gasteiger partial charge in [0.25, 0.3) is 5.91 Å². The van der Waals surface area contributed by atoms with Crippen LogP contribution in [0.25, 0.3) is 0 Å². The van der Waals surface area contributed by atoms with Gasteiger partial charge in [-0.15, -0.1) is 0 Å². The average Bonchev–Trinajstić information content (AvgIpc) is 2.71. The van der Waals surface area contributed by atoms with Crippen molar-refractivity contribution in [3.63, 3.8) is 0 Å². The number of nitrogens with one attached hydrogen (secondary N) is 4. The molecule has 9 nitrogen and oxygen atoms in total. The number of aliphatic imine (C=N–C) groups is 1. The maximum Gasteiger partial charge on any atom is 0.407 e. The van der Waals surface area contributed by atoms with Crippen molar-refractivity contribution >= 4 is 18.0 Å². The van der Waals surface area contributed by atoms with E-state index in [1.54, 1.807) is 12.1 Å². The molecule has 0 atom stereocenters. The summed E-state index contributed by atoms with van der Waals surface area (Å²) in [6.45, 7) is 9.15. The highest BCUT2D eigenvalue weighted by Gasteiger charge is 2.25. The molecule has 0 radical (unpaired) electrons. The van der Waals surface area contributed by atoms with Crippen molar-refractivity contribution in [2.45, 2.75) is 71.1 Å². The number of amides is 2. The number of aromatic hydroxyl groups is 1. The molecule has 178 valence electrons. The standard InChI is InChI=1S/C23H37N5O4/c1-5-24-21(26-15-14-25-20(30)16-6-12-19(29)13-7-16)27-17-8-10-18(11-9-17)28-22(31)32-23(2,3)4/h6-7,12-13,17-18,29H,5,8-11,14-15H2,1-4H3,(H,25,30)(H,28,31)(H2,24,26,27). The molecule has 2 rings (SSSR count). The molecule has 9 heteroatoms. The summed E-state index contributed by atoms with van der Waals surface area (Å²) in [5.74, 6) is 0.645. The van der Waals surface area contributed by atoms with Crippen molar-refractivity contribution in [1.29, 1.82) is 0 Å². The molecule has 1 fully saturated rings. The lowest BCUT2D eigenvalue weighted by Crippen LogP contribution is -2.48. The van der Waals surface area contributed by atoms with E-state index in [1.807, 2.05) is 27.7 Å². The summed E-state index contributed by atoms with van der Waals surface area (Å²) in [7, 11) is 0. The SMILES string of the molecule is CCNC(=NCCNC(=O)c1ccc(O)cc1)NC1CCC(NC(=O)OC(C)(C)C)CC1. The zero-order valence-corrected chi connectivity index (χ0v) is 19.5. The molecule has 0 aliphatic heterocycles. The van der Waals surface area contributed by atoms with Crippen molar-refractivity contribution in [2.75, 3.05) is 19.6 Å². The van der Waals surface area contributed by atoms with Crippen molar-refractivity contribution in [2.24, 2.45) is 4.99 Å². The predicted octanol–water partition coefficient (Wildman–Crippen LogP) is 2.51. The second kappa shape index (κ2) is 12.2. The highest BCUT2D eigenvalue weighted by atomic mass is 16.6. The molecule has 2 amide bonds. The van der Waals surface area contributed by atoms with Gasteiger partial charge in [0.15, 0.2) is 5.96 Å². The highest BCUT2D eigenvalue weighted by molar-refractivity contribution is 5.94. The number of hydrogen-bond donors (Lipinski definition) is 5. The Morgan fingerprint density at radius 2 is 1.62 bits per heavy atom. The minimum atomic E-state index is -0.496. The van der Waals surface area contributed by atoms with Gasteiger partial charge in [-0.3, -0.25) is 9.79 Å². The molecule has 0 saturated heterocycles. The first kappa shape index (κ1) is 25.3. The molecule has 5 N–H and O–H groups in total. The summed E-state index contributed by atoms with van der Waals surface area (Å²) in [6.07, 6.45) is 3.22. The molecular formula is C23H37N5O4. The molecule has 0 unspecified atom stereocenters. The summed E-state index contributed by atoms with van der Waals surface area (Å²) in [6, 6.07) is 6.52. The monoisotopic (exact) mass is 447 g/mol. The van der Waals surface area contributed by atoms with Gasteiger partial charge in [-0.2, -0.15) is 0 Å². The van der Waals surface area contributed by atoms with E-state index in [4.69, 9.17) is 4.74 Å². The number of carbonyl (C=O) groups excluding carboxylic acids is 2. The number of phenolic OH excluding ortho intramolecular Hbond substituents is 1. The molecule has 1 aliphatic carbocycles. The van der Waals surface area contributed by atoms with Crippen LogP contribution in [-0.2, 0) is 4.74 Å². The molecule has 1 aromatic carbocycles. The molecule has 0 spiro atoms. The number of nitrogens with zero attached hydrogens (tertiary/aromatic N) is 1. The highest BCUT2D eigenvalue weighted by Crippen LogP contribution is 2.19. The Morgan fingerprint density at radius 1 is 1.03 bits per heavy atom. The minimum absolute atomic E-state index is 0.123. The van der Waals surface area contributed by atoms with Crippen LogP contribution in [0.4, 0.5) is 4.79 Å². The van der Waals surface area contributed by atoms with Crippen LogP contribution in [0.3, 0.4) is 0 Å². The molecule has 1 aliphatic rings. The summed E-state index contributed by atoms with van der Waals surface area (Å²) in [5.41, 5.74) is -0.00243. The van der Waals surface area contributed by atoms with Crippen LogP contribution < -0.4 is 21.3 Å². The van der Waals surface area contributed by atoms with E-state index < -0.39 is 5.60 Å². The fourth-order valence-corrected chi connectivity index (χ4v) is 3.42. The van der Waals surface area contributed by atoms with Gasteiger partial charge in [-0.25, -0.2) is 4.79 Å². The van der Waals surface area contributed by atoms with Crippen molar-refractivity contribution in [3.05, 3.63) is 29.8 Å². The number of hydrogen-bond acceptors (Lipinski definition) is 5. The maximum atomic E-state index is 12.1. The number of benzene rings is 1. The zero-order chi connectivity index (χ0) is 23.6. The lowest BCUT2D eigenvalue weighted by molar-refractivity contribution is 0.0490. The predicted molar refractivity (Wildman–Crippen MR) is 125 cm³/mol. The molecule has 1 aromatic rings. The van der Waals surface area contributed by atoms with Gasteiger partial charge in [0.2, 0.25) is 0 Å². The number of rotatable bonds is 7. The minimum Gasteiger partial charge on any atom is -0.508 e. The largest absolute Gasteiger partial charge is 0.508 e. The van der Waals surface area contributed by atoms with E-state index in [2.05, 4.69) is 26.3 Å². The molecule has 0 aromatic heterocycles. The Morgan fingerprint density at radius 3 is 2.19 bits per heavy atom. The van der Waals surface area contributed by atoms with E-state index in [0.29, 0.717) is 18.7 Å². The zero-order valence-electron chi connectivity index (χ0n) is 19.5. The maximum absolute atomic E-state index is 12.1. The molecule has 0 bridgehead atoms. The van der Waals surface area contributed by atoms with Gasteiger partial charge in [-0.1, -0.05) is 0 Å². The van der Waals surface area contributed by atoms with Crippen LogP contribution in [0.15, 0.2) is 29.3 Å². The first-order chi connectivity index (χ1) is 15.2. The smallest absolute Gasteiger partial charge is 0.407 e. The van der Waals surface area contributed by atoms with Gasteiger partial charge >= 0.3 is 6.09 Å². The van der Waals surface area contributed by atoms with Gasteiger partial charge in [0.1, 0.15) is 11.4 Å². The van der Waals surface area contributed by atoms with E-state index in [1.165, 1.54) is 12.1 Å². The first-order valence-electron chi connectivity index (χ1n) is 11.3. The third-order valence-electron chi connectivity index (χ3n) is 4.93. The lowest BCUT2D eigenvalue weighted by Gasteiger charge is -2.31. The third kappa shape index (κ3) is 9.45. The Balaban J connectivity index is 1.73. The van der Waals surface area contributed by atoms with E-state index in [0.717, 1.165) is 38.2 Å². The van der Waals surface area contributed by atoms with E-state index >= 15 is 0 Å². The number of phenols is 1. The lowest BCUT2D eigenvalue weighted by atomic mass is 9.91. The second-order valence-corrected chi connectivity index (χ2v) is 8.90. The third-order valence-corrected chi connectivity index (χ3v) is 4.93.